The summed E-state index contributed by atoms with van der Waals surface area (Å²) in [6.07, 6.45) is 2.31. The maximum atomic E-state index is 8.84. The summed E-state index contributed by atoms with van der Waals surface area (Å²) in [7, 11) is 0. The van der Waals surface area contributed by atoms with Crippen LogP contribution in [0.5, 0.6) is 0 Å². The van der Waals surface area contributed by atoms with Gasteiger partial charge in [-0.2, -0.15) is 10.4 Å². The SMILES string of the molecule is N#Cc1ccc2nc(Cc3ccc(Cl)cc3)nn2c1. The molecule has 0 N–H and O–H groups in total. The van der Waals surface area contributed by atoms with E-state index in [1.54, 1.807) is 22.8 Å². The lowest BCUT2D eigenvalue weighted by molar-refractivity contribution is 0.898. The van der Waals surface area contributed by atoms with Crippen molar-refractivity contribution in [2.75, 3.05) is 0 Å². The number of nitriles is 1. The first-order valence-corrected chi connectivity index (χ1v) is 6.12. The molecule has 3 aromatic rings. The molecule has 3 rings (SSSR count). The molecule has 0 aliphatic rings. The number of nitrogens with zero attached hydrogens (tertiary/aromatic N) is 4. The Bertz CT molecular complexity index is 768. The molecule has 1 aromatic carbocycles. The average Bonchev–Trinajstić information content (AvgIpc) is 2.82. The zero-order chi connectivity index (χ0) is 13.2. The monoisotopic (exact) mass is 268 g/mol. The molecule has 0 saturated heterocycles. The fourth-order valence-corrected chi connectivity index (χ4v) is 1.98. The van der Waals surface area contributed by atoms with Gasteiger partial charge in [0.1, 0.15) is 6.07 Å². The second-order valence-electron chi connectivity index (χ2n) is 4.16. The molecule has 4 nitrogen and oxygen atoms in total. The summed E-state index contributed by atoms with van der Waals surface area (Å²) in [6.45, 7) is 0. The van der Waals surface area contributed by atoms with E-state index in [2.05, 4.69) is 16.2 Å². The third kappa shape index (κ3) is 2.42. The highest BCUT2D eigenvalue weighted by atomic mass is 35.5. The van der Waals surface area contributed by atoms with Crippen LogP contribution in [0, 0.1) is 11.3 Å². The van der Waals surface area contributed by atoms with Gasteiger partial charge >= 0.3 is 0 Å². The van der Waals surface area contributed by atoms with Gasteiger partial charge in [0.15, 0.2) is 11.5 Å². The number of halogens is 1. The summed E-state index contributed by atoms with van der Waals surface area (Å²) in [6, 6.07) is 13.2. The summed E-state index contributed by atoms with van der Waals surface area (Å²) >= 11 is 5.85. The summed E-state index contributed by atoms with van der Waals surface area (Å²) in [5.41, 5.74) is 2.40. The molecular formula is C14H9ClN4. The van der Waals surface area contributed by atoms with Crippen LogP contribution in [-0.4, -0.2) is 14.6 Å². The van der Waals surface area contributed by atoms with E-state index in [-0.39, 0.29) is 0 Å². The van der Waals surface area contributed by atoms with Gasteiger partial charge < -0.3 is 0 Å². The van der Waals surface area contributed by atoms with Crippen molar-refractivity contribution in [2.45, 2.75) is 6.42 Å². The molecule has 0 atom stereocenters. The Kier molecular flexibility index (Phi) is 2.90. The number of pyridine rings is 1. The van der Waals surface area contributed by atoms with E-state index >= 15 is 0 Å². The molecule has 0 amide bonds. The summed E-state index contributed by atoms with van der Waals surface area (Å²) < 4.78 is 1.63. The Balaban J connectivity index is 1.93. The van der Waals surface area contributed by atoms with Crippen LogP contribution in [0.15, 0.2) is 42.6 Å². The first-order chi connectivity index (χ1) is 9.24. The first-order valence-electron chi connectivity index (χ1n) is 5.74. The van der Waals surface area contributed by atoms with E-state index < -0.39 is 0 Å². The van der Waals surface area contributed by atoms with E-state index in [0.29, 0.717) is 17.0 Å². The van der Waals surface area contributed by atoms with E-state index in [1.807, 2.05) is 24.3 Å². The summed E-state index contributed by atoms with van der Waals surface area (Å²) in [5.74, 6) is 0.720. The molecular weight excluding hydrogens is 260 g/mol. The van der Waals surface area contributed by atoms with Crippen molar-refractivity contribution in [2.24, 2.45) is 0 Å². The minimum absolute atomic E-state index is 0.565. The molecule has 5 heteroatoms. The Morgan fingerprint density at radius 1 is 1.16 bits per heavy atom. The van der Waals surface area contributed by atoms with Crippen molar-refractivity contribution in [3.05, 3.63) is 64.6 Å². The van der Waals surface area contributed by atoms with Crippen LogP contribution in [0.4, 0.5) is 0 Å². The lowest BCUT2D eigenvalue weighted by atomic mass is 10.1. The predicted molar refractivity (Wildman–Crippen MR) is 72.0 cm³/mol. The molecule has 0 unspecified atom stereocenters. The zero-order valence-electron chi connectivity index (χ0n) is 9.92. The molecule has 0 aliphatic carbocycles. The third-order valence-electron chi connectivity index (χ3n) is 2.78. The van der Waals surface area contributed by atoms with Crippen LogP contribution in [0.25, 0.3) is 5.65 Å². The Morgan fingerprint density at radius 2 is 1.95 bits per heavy atom. The predicted octanol–water partition coefficient (Wildman–Crippen LogP) is 2.85. The Morgan fingerprint density at radius 3 is 2.68 bits per heavy atom. The van der Waals surface area contributed by atoms with Crippen LogP contribution in [0.1, 0.15) is 17.0 Å². The first kappa shape index (κ1) is 11.7. The van der Waals surface area contributed by atoms with E-state index in [4.69, 9.17) is 16.9 Å². The van der Waals surface area contributed by atoms with Crippen molar-refractivity contribution in [3.8, 4) is 6.07 Å². The van der Waals surface area contributed by atoms with E-state index in [0.717, 1.165) is 17.0 Å². The largest absolute Gasteiger partial charge is 0.220 e. The molecule has 0 spiro atoms. The van der Waals surface area contributed by atoms with Crippen LogP contribution >= 0.6 is 11.6 Å². The number of hydrogen-bond acceptors (Lipinski definition) is 3. The molecule has 2 aromatic heterocycles. The number of aromatic nitrogens is 3. The quantitative estimate of drug-likeness (QED) is 0.718. The maximum absolute atomic E-state index is 8.84. The average molecular weight is 269 g/mol. The van der Waals surface area contributed by atoms with Crippen molar-refractivity contribution in [3.63, 3.8) is 0 Å². The highest BCUT2D eigenvalue weighted by Gasteiger charge is 2.05. The highest BCUT2D eigenvalue weighted by Crippen LogP contribution is 2.13. The van der Waals surface area contributed by atoms with E-state index in [1.165, 1.54) is 0 Å². The fraction of sp³-hybridized carbons (Fsp3) is 0.0714. The maximum Gasteiger partial charge on any atom is 0.156 e. The van der Waals surface area contributed by atoms with Crippen molar-refractivity contribution < 1.29 is 0 Å². The Labute approximate surface area is 114 Å². The topological polar surface area (TPSA) is 54.0 Å². The number of fused-ring (bicyclic) bond motifs is 1. The molecule has 92 valence electrons. The van der Waals surface area contributed by atoms with E-state index in [9.17, 15) is 0 Å². The van der Waals surface area contributed by atoms with Gasteiger partial charge in [-0.1, -0.05) is 23.7 Å². The van der Waals surface area contributed by atoms with Gasteiger partial charge in [0, 0.05) is 17.6 Å². The van der Waals surface area contributed by atoms with Crippen molar-refractivity contribution in [1.82, 2.24) is 14.6 Å². The van der Waals surface area contributed by atoms with Crippen molar-refractivity contribution >= 4 is 17.2 Å². The van der Waals surface area contributed by atoms with Gasteiger partial charge in [0.25, 0.3) is 0 Å². The lowest BCUT2D eigenvalue weighted by Crippen LogP contribution is -1.92. The number of hydrogen-bond donors (Lipinski definition) is 0. The molecule has 0 aliphatic heterocycles. The molecule has 0 fully saturated rings. The van der Waals surface area contributed by atoms with Gasteiger partial charge in [0.05, 0.1) is 5.56 Å². The second-order valence-corrected chi connectivity index (χ2v) is 4.60. The van der Waals surface area contributed by atoms with Gasteiger partial charge in [0.2, 0.25) is 0 Å². The highest BCUT2D eigenvalue weighted by molar-refractivity contribution is 6.30. The van der Waals surface area contributed by atoms with Gasteiger partial charge in [-0.15, -0.1) is 0 Å². The summed E-state index contributed by atoms with van der Waals surface area (Å²) in [5, 5.41) is 13.9. The second kappa shape index (κ2) is 4.71. The van der Waals surface area contributed by atoms with Crippen LogP contribution < -0.4 is 0 Å². The third-order valence-corrected chi connectivity index (χ3v) is 3.03. The number of rotatable bonds is 2. The standard InChI is InChI=1S/C14H9ClN4/c15-12-4-1-10(2-5-12)7-13-17-14-6-3-11(8-16)9-19(14)18-13/h1-6,9H,7H2. The normalized spacial score (nSPS) is 10.5. The van der Waals surface area contributed by atoms with Gasteiger partial charge in [-0.05, 0) is 29.8 Å². The molecule has 0 saturated carbocycles. The van der Waals surface area contributed by atoms with Gasteiger partial charge in [-0.25, -0.2) is 9.50 Å². The zero-order valence-corrected chi connectivity index (χ0v) is 10.7. The summed E-state index contributed by atoms with van der Waals surface area (Å²) in [4.78, 5) is 4.42. The molecule has 19 heavy (non-hydrogen) atoms. The minimum atomic E-state index is 0.565. The lowest BCUT2D eigenvalue weighted by Gasteiger charge is -1.96. The number of benzene rings is 1. The molecule has 0 bridgehead atoms. The molecule has 2 heterocycles. The van der Waals surface area contributed by atoms with Gasteiger partial charge in [-0.3, -0.25) is 0 Å². The fourth-order valence-electron chi connectivity index (χ4n) is 1.85. The Hall–Kier alpha value is -2.38. The minimum Gasteiger partial charge on any atom is -0.220 e. The van der Waals surface area contributed by atoms with Crippen LogP contribution in [0.3, 0.4) is 0 Å². The molecule has 0 radical (unpaired) electrons. The van der Waals surface area contributed by atoms with Crippen molar-refractivity contribution in [1.29, 1.82) is 5.26 Å². The van der Waals surface area contributed by atoms with Crippen LogP contribution in [-0.2, 0) is 6.42 Å². The van der Waals surface area contributed by atoms with Crippen LogP contribution in [0.2, 0.25) is 5.02 Å². The smallest absolute Gasteiger partial charge is 0.156 e.